The minimum atomic E-state index is -0.272. The van der Waals surface area contributed by atoms with E-state index in [1.54, 1.807) is 13.1 Å². The Morgan fingerprint density at radius 2 is 1.97 bits per heavy atom. The third kappa shape index (κ3) is 4.81. The van der Waals surface area contributed by atoms with E-state index in [9.17, 15) is 4.79 Å². The number of hydrogen-bond acceptors (Lipinski definition) is 6. The van der Waals surface area contributed by atoms with E-state index in [-0.39, 0.29) is 12.4 Å². The second-order valence-electron chi connectivity index (χ2n) is 7.53. The van der Waals surface area contributed by atoms with Gasteiger partial charge in [-0.25, -0.2) is 0 Å². The van der Waals surface area contributed by atoms with Crippen molar-refractivity contribution in [1.82, 2.24) is 4.98 Å². The van der Waals surface area contributed by atoms with Crippen molar-refractivity contribution in [2.45, 2.75) is 33.4 Å². The molecule has 0 aliphatic carbocycles. The van der Waals surface area contributed by atoms with Gasteiger partial charge >= 0.3 is 5.97 Å². The highest BCUT2D eigenvalue weighted by Crippen LogP contribution is 2.33. The lowest BCUT2D eigenvalue weighted by atomic mass is 9.99. The number of rotatable bonds is 8. The van der Waals surface area contributed by atoms with Gasteiger partial charge in [0.15, 0.2) is 0 Å². The lowest BCUT2D eigenvalue weighted by molar-refractivity contribution is -0.142. The van der Waals surface area contributed by atoms with Gasteiger partial charge in [-0.15, -0.1) is 0 Å². The van der Waals surface area contributed by atoms with Gasteiger partial charge < -0.3 is 19.6 Å². The monoisotopic (exact) mass is 430 g/mol. The number of furan rings is 1. The molecule has 0 bridgehead atoms. The predicted molar refractivity (Wildman–Crippen MR) is 123 cm³/mol. The summed E-state index contributed by atoms with van der Waals surface area (Å²) < 4.78 is 17.1. The summed E-state index contributed by atoms with van der Waals surface area (Å²) in [5.74, 6) is 1.23. The number of aryl methyl sites for hydroxylation is 1. The molecule has 6 nitrogen and oxygen atoms in total. The summed E-state index contributed by atoms with van der Waals surface area (Å²) in [4.78, 5) is 16.2. The fourth-order valence-corrected chi connectivity index (χ4v) is 3.72. The Bertz CT molecular complexity index is 1250. The highest BCUT2D eigenvalue weighted by Gasteiger charge is 2.13. The van der Waals surface area contributed by atoms with Crippen LogP contribution in [0.4, 0.5) is 0 Å². The van der Waals surface area contributed by atoms with E-state index < -0.39 is 0 Å². The zero-order valence-electron chi connectivity index (χ0n) is 18.3. The van der Waals surface area contributed by atoms with Crippen LogP contribution in [0.2, 0.25) is 0 Å². The zero-order chi connectivity index (χ0) is 22.5. The molecule has 0 saturated heterocycles. The van der Waals surface area contributed by atoms with E-state index in [0.717, 1.165) is 44.7 Å². The quantitative estimate of drug-likeness (QED) is 0.398. The summed E-state index contributed by atoms with van der Waals surface area (Å²) in [7, 11) is 0. The van der Waals surface area contributed by atoms with E-state index in [0.29, 0.717) is 25.5 Å². The van der Waals surface area contributed by atoms with Gasteiger partial charge in [-0.1, -0.05) is 18.2 Å². The Balaban J connectivity index is 1.64. The molecule has 0 amide bonds. The van der Waals surface area contributed by atoms with Crippen molar-refractivity contribution in [2.75, 3.05) is 6.61 Å². The summed E-state index contributed by atoms with van der Waals surface area (Å²) in [6, 6.07) is 17.6. The van der Waals surface area contributed by atoms with E-state index in [2.05, 4.69) is 11.1 Å². The molecule has 0 aliphatic heterocycles. The van der Waals surface area contributed by atoms with Crippen LogP contribution in [0, 0.1) is 6.92 Å². The summed E-state index contributed by atoms with van der Waals surface area (Å²) in [6.07, 6.45) is 1.94. The van der Waals surface area contributed by atoms with E-state index >= 15 is 0 Å². The first kappa shape index (κ1) is 21.6. The molecule has 32 heavy (non-hydrogen) atoms. The number of esters is 1. The Morgan fingerprint density at radius 1 is 1.12 bits per heavy atom. The number of pyridine rings is 1. The molecule has 4 aromatic rings. The molecule has 0 spiro atoms. The number of carbonyl (C=O) groups excluding carboxylic acids is 1. The maximum Gasteiger partial charge on any atom is 0.310 e. The summed E-state index contributed by atoms with van der Waals surface area (Å²) in [5, 5.41) is 1.03. The summed E-state index contributed by atoms with van der Waals surface area (Å²) >= 11 is 0. The van der Waals surface area contributed by atoms with Crippen LogP contribution in [0.1, 0.15) is 29.5 Å². The predicted octanol–water partition coefficient (Wildman–Crippen LogP) is 4.95. The molecule has 2 N–H and O–H groups in total. The number of aromatic nitrogens is 1. The van der Waals surface area contributed by atoms with Crippen LogP contribution >= 0.6 is 0 Å². The minimum Gasteiger partial charge on any atom is -0.489 e. The van der Waals surface area contributed by atoms with E-state index in [1.807, 2.05) is 55.5 Å². The van der Waals surface area contributed by atoms with Crippen LogP contribution < -0.4 is 10.5 Å². The molecule has 2 aromatic carbocycles. The molecule has 0 saturated carbocycles. The van der Waals surface area contributed by atoms with Crippen molar-refractivity contribution in [3.63, 3.8) is 0 Å². The summed E-state index contributed by atoms with van der Waals surface area (Å²) in [6.45, 7) is 4.79. The third-order valence-corrected chi connectivity index (χ3v) is 5.16. The maximum absolute atomic E-state index is 11.9. The largest absolute Gasteiger partial charge is 0.489 e. The third-order valence-electron chi connectivity index (χ3n) is 5.16. The van der Waals surface area contributed by atoms with Gasteiger partial charge in [0.1, 0.15) is 23.7 Å². The SMILES string of the molecule is CCOC(=O)Cc1ccccc1OCc1cc(-c2ccnc(CN)c2)c2cc(C)oc2c1. The van der Waals surface area contributed by atoms with Crippen molar-refractivity contribution in [1.29, 1.82) is 0 Å². The normalized spacial score (nSPS) is 11.0. The van der Waals surface area contributed by atoms with Crippen molar-refractivity contribution in [3.8, 4) is 16.9 Å². The first-order valence-electron chi connectivity index (χ1n) is 10.6. The Kier molecular flexibility index (Phi) is 6.52. The van der Waals surface area contributed by atoms with Crippen LogP contribution in [0.15, 0.2) is 65.2 Å². The second kappa shape index (κ2) is 9.66. The van der Waals surface area contributed by atoms with Gasteiger partial charge in [0.05, 0.1) is 18.7 Å². The van der Waals surface area contributed by atoms with Crippen molar-refractivity contribution in [2.24, 2.45) is 5.73 Å². The molecule has 0 unspecified atom stereocenters. The molecule has 4 rings (SSSR count). The fourth-order valence-electron chi connectivity index (χ4n) is 3.72. The number of hydrogen-bond donors (Lipinski definition) is 1. The van der Waals surface area contributed by atoms with Gasteiger partial charge in [0, 0.05) is 23.7 Å². The number of para-hydroxylation sites is 1. The van der Waals surface area contributed by atoms with Crippen LogP contribution in [-0.4, -0.2) is 17.6 Å². The number of nitrogens with two attached hydrogens (primary N) is 1. The fraction of sp³-hybridized carbons (Fsp3) is 0.231. The molecule has 0 atom stereocenters. The number of benzene rings is 2. The van der Waals surface area contributed by atoms with Crippen molar-refractivity contribution >= 4 is 16.9 Å². The number of fused-ring (bicyclic) bond motifs is 1. The van der Waals surface area contributed by atoms with Gasteiger partial charge in [-0.3, -0.25) is 9.78 Å². The van der Waals surface area contributed by atoms with Crippen LogP contribution in [0.5, 0.6) is 5.75 Å². The Hall–Kier alpha value is -3.64. The number of carbonyl (C=O) groups is 1. The topological polar surface area (TPSA) is 87.6 Å². The average Bonchev–Trinajstić information content (AvgIpc) is 3.18. The Labute approximate surface area is 187 Å². The van der Waals surface area contributed by atoms with Gasteiger partial charge in [-0.2, -0.15) is 0 Å². The number of nitrogens with zero attached hydrogens (tertiary/aromatic N) is 1. The van der Waals surface area contributed by atoms with Crippen LogP contribution in [0.25, 0.3) is 22.1 Å². The minimum absolute atomic E-state index is 0.171. The summed E-state index contributed by atoms with van der Waals surface area (Å²) in [5.41, 5.74) is 11.2. The van der Waals surface area contributed by atoms with E-state index in [1.165, 1.54) is 0 Å². The van der Waals surface area contributed by atoms with Gasteiger partial charge in [0.2, 0.25) is 0 Å². The lowest BCUT2D eigenvalue weighted by Crippen LogP contribution is -2.09. The first-order valence-corrected chi connectivity index (χ1v) is 10.6. The van der Waals surface area contributed by atoms with Gasteiger partial charge in [0.25, 0.3) is 0 Å². The maximum atomic E-state index is 11.9. The van der Waals surface area contributed by atoms with Crippen LogP contribution in [0.3, 0.4) is 0 Å². The molecule has 6 heteroatoms. The smallest absolute Gasteiger partial charge is 0.310 e. The standard InChI is InChI=1S/C26H26N2O4/c1-3-30-26(29)14-20-6-4-5-7-24(20)31-16-18-11-22(19-8-9-28-21(13-19)15-27)23-10-17(2)32-25(23)12-18/h4-13H,3,14-16,27H2,1-2H3. The van der Waals surface area contributed by atoms with Crippen LogP contribution in [-0.2, 0) is 29.1 Å². The average molecular weight is 431 g/mol. The highest BCUT2D eigenvalue weighted by molar-refractivity contribution is 5.95. The van der Waals surface area contributed by atoms with Crippen molar-refractivity contribution in [3.05, 3.63) is 83.4 Å². The molecule has 0 aliphatic rings. The number of ether oxygens (including phenoxy) is 2. The molecule has 2 heterocycles. The van der Waals surface area contributed by atoms with E-state index in [4.69, 9.17) is 19.6 Å². The molecule has 0 radical (unpaired) electrons. The zero-order valence-corrected chi connectivity index (χ0v) is 18.3. The lowest BCUT2D eigenvalue weighted by Gasteiger charge is -2.13. The molecular weight excluding hydrogens is 404 g/mol. The molecule has 164 valence electrons. The highest BCUT2D eigenvalue weighted by atomic mass is 16.5. The molecule has 0 fully saturated rings. The second-order valence-corrected chi connectivity index (χ2v) is 7.53. The van der Waals surface area contributed by atoms with Crippen molar-refractivity contribution < 1.29 is 18.7 Å². The first-order chi connectivity index (χ1) is 15.6. The molecule has 2 aromatic heterocycles. The molecular formula is C26H26N2O4. The van der Waals surface area contributed by atoms with Gasteiger partial charge in [-0.05, 0) is 66.9 Å². The Morgan fingerprint density at radius 3 is 2.78 bits per heavy atom.